The van der Waals surface area contributed by atoms with Gasteiger partial charge in [0, 0.05) is 22.7 Å². The Morgan fingerprint density at radius 3 is 2.56 bits per heavy atom. The maximum absolute atomic E-state index is 12.5. The zero-order valence-corrected chi connectivity index (χ0v) is 20.8. The van der Waals surface area contributed by atoms with E-state index in [1.165, 1.54) is 17.7 Å². The number of nitrogens with zero attached hydrogens (tertiary/aromatic N) is 6. The molecule has 1 aliphatic heterocycles. The first kappa shape index (κ1) is 25.0. The Hall–Kier alpha value is -4.14. The average Bonchev–Trinajstić information content (AvgIpc) is 3.54. The normalized spacial score (nSPS) is 13.8. The topological polar surface area (TPSA) is 132 Å². The molecule has 5 rings (SSSR count). The fourth-order valence-corrected chi connectivity index (χ4v) is 4.51. The molecule has 0 unspecified atom stereocenters. The van der Waals surface area contributed by atoms with Crippen molar-refractivity contribution in [1.82, 2.24) is 29.6 Å². The molecule has 1 aromatic carbocycles. The van der Waals surface area contributed by atoms with Gasteiger partial charge in [0.1, 0.15) is 17.8 Å². The minimum absolute atomic E-state index is 0.203. The van der Waals surface area contributed by atoms with E-state index in [4.69, 9.17) is 10.8 Å². The maximum atomic E-state index is 12.5. The summed E-state index contributed by atoms with van der Waals surface area (Å²) in [5.41, 5.74) is 9.13. The number of hydrogen-bond acceptors (Lipinski definition) is 9. The van der Waals surface area contributed by atoms with Crippen LogP contribution in [-0.4, -0.2) is 62.0 Å². The van der Waals surface area contributed by atoms with Crippen molar-refractivity contribution in [3.05, 3.63) is 47.7 Å². The number of carbonyl (C=O) groups is 2. The van der Waals surface area contributed by atoms with Crippen LogP contribution < -0.4 is 11.1 Å². The molecule has 0 radical (unpaired) electrons. The lowest BCUT2D eigenvalue weighted by Gasteiger charge is -2.29. The lowest BCUT2D eigenvalue weighted by molar-refractivity contribution is -0.103. The van der Waals surface area contributed by atoms with Gasteiger partial charge in [0.15, 0.2) is 17.1 Å². The first-order valence-electron chi connectivity index (χ1n) is 11.4. The highest BCUT2D eigenvalue weighted by molar-refractivity contribution is 7.13. The number of thiazole rings is 1. The molecular formula is C25H26N8O2S. The van der Waals surface area contributed by atoms with E-state index in [0.717, 1.165) is 48.2 Å². The number of aromatic nitrogens is 5. The van der Waals surface area contributed by atoms with Gasteiger partial charge in [0.25, 0.3) is 5.91 Å². The number of fused-ring (bicyclic) bond motifs is 1. The first-order valence-corrected chi connectivity index (χ1v) is 12.2. The number of nitrogen functional groups attached to an aromatic ring is 1. The van der Waals surface area contributed by atoms with Gasteiger partial charge in [0.2, 0.25) is 0 Å². The van der Waals surface area contributed by atoms with Crippen molar-refractivity contribution in [3.63, 3.8) is 0 Å². The van der Waals surface area contributed by atoms with E-state index >= 15 is 0 Å². The minimum Gasteiger partial charge on any atom is -0.383 e. The zero-order chi connectivity index (χ0) is 25.5. The van der Waals surface area contributed by atoms with Crippen molar-refractivity contribution >= 4 is 45.5 Å². The van der Waals surface area contributed by atoms with Gasteiger partial charge in [-0.05, 0) is 58.0 Å². The average molecular weight is 503 g/mol. The summed E-state index contributed by atoms with van der Waals surface area (Å²) in [6.45, 7) is 3.66. The Morgan fingerprint density at radius 2 is 1.94 bits per heavy atom. The third-order valence-corrected chi connectivity index (χ3v) is 6.52. The lowest BCUT2D eigenvalue weighted by Crippen LogP contribution is -2.31. The second-order valence-corrected chi connectivity index (χ2v) is 9.06. The molecule has 0 bridgehead atoms. The molecule has 184 valence electrons. The van der Waals surface area contributed by atoms with E-state index in [0.29, 0.717) is 22.8 Å². The van der Waals surface area contributed by atoms with Crippen LogP contribution in [0.25, 0.3) is 22.3 Å². The number of amides is 1. The van der Waals surface area contributed by atoms with Gasteiger partial charge in [-0.3, -0.25) is 14.9 Å². The van der Waals surface area contributed by atoms with Gasteiger partial charge in [-0.1, -0.05) is 18.1 Å². The summed E-state index contributed by atoms with van der Waals surface area (Å²) in [5, 5.41) is 10.8. The van der Waals surface area contributed by atoms with Gasteiger partial charge in [-0.2, -0.15) is 5.10 Å². The van der Waals surface area contributed by atoms with E-state index in [1.807, 2.05) is 22.2 Å². The summed E-state index contributed by atoms with van der Waals surface area (Å²) in [7, 11) is 2.13. The molecule has 1 saturated heterocycles. The molecule has 4 aromatic rings. The molecule has 1 fully saturated rings. The third kappa shape index (κ3) is 5.56. The molecule has 10 nitrogen and oxygen atoms in total. The number of nitrogens with two attached hydrogens (primary N) is 1. The summed E-state index contributed by atoms with van der Waals surface area (Å²) >= 11 is 1.38. The predicted molar refractivity (Wildman–Crippen MR) is 141 cm³/mol. The minimum atomic E-state index is -0.203. The van der Waals surface area contributed by atoms with Gasteiger partial charge in [-0.25, -0.2) is 19.6 Å². The molecule has 3 N–H and O–H groups in total. The van der Waals surface area contributed by atoms with Gasteiger partial charge in [-0.15, -0.1) is 11.3 Å². The highest BCUT2D eigenvalue weighted by Crippen LogP contribution is 2.34. The zero-order valence-electron chi connectivity index (χ0n) is 20.0. The number of likely N-dealkylation sites (tertiary alicyclic amines) is 1. The van der Waals surface area contributed by atoms with Crippen LogP contribution >= 0.6 is 11.3 Å². The smallest absolute Gasteiger partial charge is 0.257 e. The van der Waals surface area contributed by atoms with Gasteiger partial charge >= 0.3 is 0 Å². The second kappa shape index (κ2) is 11.5. The second-order valence-electron chi connectivity index (χ2n) is 8.17. The SMILES string of the molecule is CC#CC=O.CN1CCC(n2nc(-c3ccc(C(=O)Nc4nccs4)cc3)c3c(N)ncnc32)CC1. The molecule has 0 saturated carbocycles. The molecule has 0 atom stereocenters. The van der Waals surface area contributed by atoms with Crippen molar-refractivity contribution in [2.45, 2.75) is 25.8 Å². The number of piperidine rings is 1. The van der Waals surface area contributed by atoms with E-state index in [2.05, 4.69) is 44.1 Å². The van der Waals surface area contributed by atoms with Crippen LogP contribution in [0.3, 0.4) is 0 Å². The Balaban J connectivity index is 0.000000556. The highest BCUT2D eigenvalue weighted by Gasteiger charge is 2.25. The van der Waals surface area contributed by atoms with Crippen LogP contribution in [0, 0.1) is 11.8 Å². The number of rotatable bonds is 4. The molecule has 11 heteroatoms. The Morgan fingerprint density at radius 1 is 1.19 bits per heavy atom. The number of benzene rings is 1. The Kier molecular flexibility index (Phi) is 7.99. The van der Waals surface area contributed by atoms with Crippen LogP contribution in [0.5, 0.6) is 0 Å². The van der Waals surface area contributed by atoms with E-state index < -0.39 is 0 Å². The third-order valence-electron chi connectivity index (χ3n) is 5.83. The van der Waals surface area contributed by atoms with Crippen LogP contribution in [0.4, 0.5) is 10.9 Å². The number of anilines is 2. The first-order chi connectivity index (χ1) is 17.5. The maximum Gasteiger partial charge on any atom is 0.257 e. The van der Waals surface area contributed by atoms with Crippen LogP contribution in [0.1, 0.15) is 36.2 Å². The van der Waals surface area contributed by atoms with E-state index in [-0.39, 0.29) is 11.9 Å². The quantitative estimate of drug-likeness (QED) is 0.321. The molecule has 0 aliphatic carbocycles. The summed E-state index contributed by atoms with van der Waals surface area (Å²) in [6.07, 6.45) is 5.72. The number of aldehydes is 1. The van der Waals surface area contributed by atoms with Crippen molar-refractivity contribution < 1.29 is 9.59 Å². The van der Waals surface area contributed by atoms with Gasteiger partial charge in [0.05, 0.1) is 11.4 Å². The molecule has 36 heavy (non-hydrogen) atoms. The summed E-state index contributed by atoms with van der Waals surface area (Å²) in [4.78, 5) is 36.8. The molecule has 4 heterocycles. The molecule has 1 aliphatic rings. The van der Waals surface area contributed by atoms with Crippen molar-refractivity contribution in [1.29, 1.82) is 0 Å². The largest absolute Gasteiger partial charge is 0.383 e. The Labute approximate surface area is 212 Å². The van der Waals surface area contributed by atoms with E-state index in [1.54, 1.807) is 25.3 Å². The fraction of sp³-hybridized carbons (Fsp3) is 0.280. The van der Waals surface area contributed by atoms with Crippen molar-refractivity contribution in [3.8, 4) is 23.1 Å². The predicted octanol–water partition coefficient (Wildman–Crippen LogP) is 3.26. The number of nitrogens with one attached hydrogen (secondary N) is 1. The van der Waals surface area contributed by atoms with Gasteiger partial charge < -0.3 is 10.6 Å². The fourth-order valence-electron chi connectivity index (χ4n) is 3.98. The molecule has 3 aromatic heterocycles. The monoisotopic (exact) mass is 502 g/mol. The lowest BCUT2D eigenvalue weighted by atomic mass is 10.1. The van der Waals surface area contributed by atoms with Crippen molar-refractivity contribution in [2.24, 2.45) is 0 Å². The number of carbonyl (C=O) groups excluding carboxylic acids is 2. The Bertz CT molecular complexity index is 1400. The molecule has 0 spiro atoms. The summed E-state index contributed by atoms with van der Waals surface area (Å²) < 4.78 is 2.00. The standard InChI is InChI=1S/C21H22N8OS.C4H4O/c1-28-9-6-15(7-10-28)29-19-16(18(22)24-12-25-19)17(27-29)13-2-4-14(5-3-13)20(30)26-21-23-8-11-31-21;1-2-3-4-5/h2-5,8,11-12,15H,6-7,9-10H2,1H3,(H2,22,24,25)(H,23,26,30);4H,1H3. The summed E-state index contributed by atoms with van der Waals surface area (Å²) in [5.74, 6) is 4.78. The summed E-state index contributed by atoms with van der Waals surface area (Å²) in [6, 6.07) is 7.58. The molecule has 1 amide bonds. The van der Waals surface area contributed by atoms with Crippen LogP contribution in [-0.2, 0) is 4.79 Å². The van der Waals surface area contributed by atoms with Crippen LogP contribution in [0.15, 0.2) is 42.2 Å². The van der Waals surface area contributed by atoms with E-state index in [9.17, 15) is 9.59 Å². The number of hydrogen-bond donors (Lipinski definition) is 2. The van der Waals surface area contributed by atoms with Crippen LogP contribution in [0.2, 0.25) is 0 Å². The molecular weight excluding hydrogens is 476 g/mol. The van der Waals surface area contributed by atoms with Crippen molar-refractivity contribution in [2.75, 3.05) is 31.2 Å². The highest BCUT2D eigenvalue weighted by atomic mass is 32.1.